The highest BCUT2D eigenvalue weighted by atomic mass is 16.6. The number of amides is 3. The molecule has 2 fully saturated rings. The first-order valence-corrected chi connectivity index (χ1v) is 16.7. The molecule has 5 rings (SSSR count). The molecule has 11 heteroatoms. The standard InChI is InChI=1S/C38H45N3O8/c1-38(2,3)49-37(45)41-21-30-24-46-25-31(22-41)34(30)48-36(44)40-33(27-10-5-4-6-11-27)29-12-9-13-32(20-29)47-23-26-14-16-28(17-15-26)35(43)39-18-7-8-19-42/h4-6,9-17,19-20,30-31,33-34H,7-8,18,21-25H2,1-3H3,(H,39,43)(H,40,44). The number of carbonyl (C=O) groups is 4. The van der Waals surface area contributed by atoms with Crippen LogP contribution in [0.3, 0.4) is 0 Å². The summed E-state index contributed by atoms with van der Waals surface area (Å²) in [5.74, 6) is 0.0858. The largest absolute Gasteiger partial charge is 0.489 e. The molecule has 3 atom stereocenters. The molecule has 260 valence electrons. The summed E-state index contributed by atoms with van der Waals surface area (Å²) in [6.07, 6.45) is 0.528. The van der Waals surface area contributed by atoms with Crippen molar-refractivity contribution in [3.63, 3.8) is 0 Å². The average Bonchev–Trinajstić information content (AvgIpc) is 3.08. The number of ether oxygens (including phenoxy) is 4. The smallest absolute Gasteiger partial charge is 0.410 e. The van der Waals surface area contributed by atoms with Crippen molar-refractivity contribution in [2.75, 3.05) is 32.8 Å². The molecule has 0 spiro atoms. The number of nitrogens with one attached hydrogen (secondary N) is 2. The predicted molar refractivity (Wildman–Crippen MR) is 182 cm³/mol. The van der Waals surface area contributed by atoms with E-state index in [9.17, 15) is 19.2 Å². The highest BCUT2D eigenvalue weighted by Crippen LogP contribution is 2.32. The minimum atomic E-state index is -0.602. The molecule has 3 unspecified atom stereocenters. The van der Waals surface area contributed by atoms with Crippen molar-refractivity contribution in [3.05, 3.63) is 101 Å². The summed E-state index contributed by atoms with van der Waals surface area (Å²) >= 11 is 0. The van der Waals surface area contributed by atoms with Gasteiger partial charge in [0.25, 0.3) is 5.91 Å². The molecule has 0 radical (unpaired) electrons. The highest BCUT2D eigenvalue weighted by molar-refractivity contribution is 5.94. The van der Waals surface area contributed by atoms with Gasteiger partial charge in [0.15, 0.2) is 0 Å². The van der Waals surface area contributed by atoms with Gasteiger partial charge in [0.05, 0.1) is 19.3 Å². The maximum atomic E-state index is 13.5. The first-order valence-electron chi connectivity index (χ1n) is 16.7. The molecule has 49 heavy (non-hydrogen) atoms. The lowest BCUT2D eigenvalue weighted by atomic mass is 9.85. The van der Waals surface area contributed by atoms with Crippen LogP contribution in [-0.4, -0.2) is 73.8 Å². The molecule has 3 aromatic rings. The number of hydrogen-bond donors (Lipinski definition) is 2. The van der Waals surface area contributed by atoms with E-state index in [4.69, 9.17) is 18.9 Å². The molecule has 2 aliphatic heterocycles. The summed E-state index contributed by atoms with van der Waals surface area (Å²) in [5.41, 5.74) is 2.50. The zero-order valence-corrected chi connectivity index (χ0v) is 28.3. The maximum absolute atomic E-state index is 13.5. The van der Waals surface area contributed by atoms with Gasteiger partial charge >= 0.3 is 12.2 Å². The number of hydrogen-bond acceptors (Lipinski definition) is 8. The van der Waals surface area contributed by atoms with Gasteiger partial charge in [-0.2, -0.15) is 0 Å². The molecular weight excluding hydrogens is 626 g/mol. The Labute approximate surface area is 287 Å². The Balaban J connectivity index is 1.22. The van der Waals surface area contributed by atoms with E-state index in [0.717, 1.165) is 23.0 Å². The average molecular weight is 672 g/mol. The Bertz CT molecular complexity index is 1560. The van der Waals surface area contributed by atoms with Gasteiger partial charge in [-0.1, -0.05) is 54.6 Å². The van der Waals surface area contributed by atoms with Gasteiger partial charge < -0.3 is 39.3 Å². The maximum Gasteiger partial charge on any atom is 0.410 e. The lowest BCUT2D eigenvalue weighted by Gasteiger charge is -2.46. The topological polar surface area (TPSA) is 132 Å². The molecule has 2 bridgehead atoms. The number of carbonyl (C=O) groups excluding carboxylic acids is 4. The number of unbranched alkanes of at least 4 members (excludes halogenated alkanes) is 1. The van der Waals surface area contributed by atoms with Crippen LogP contribution in [0, 0.1) is 11.8 Å². The zero-order valence-electron chi connectivity index (χ0n) is 28.3. The number of nitrogens with zero attached hydrogens (tertiary/aromatic N) is 1. The third kappa shape index (κ3) is 10.1. The Kier molecular flexibility index (Phi) is 11.9. The number of likely N-dealkylation sites (tertiary alicyclic amines) is 1. The van der Waals surface area contributed by atoms with Gasteiger partial charge in [0.1, 0.15) is 30.3 Å². The summed E-state index contributed by atoms with van der Waals surface area (Å²) in [6.45, 7) is 7.76. The second-order valence-electron chi connectivity index (χ2n) is 13.4. The lowest BCUT2D eigenvalue weighted by molar-refractivity contribution is -0.124. The van der Waals surface area contributed by atoms with E-state index in [2.05, 4.69) is 10.6 Å². The molecule has 0 saturated carbocycles. The summed E-state index contributed by atoms with van der Waals surface area (Å²) in [5, 5.41) is 5.88. The lowest BCUT2D eigenvalue weighted by Crippen LogP contribution is -2.59. The van der Waals surface area contributed by atoms with E-state index >= 15 is 0 Å². The van der Waals surface area contributed by atoms with Crippen LogP contribution in [0.15, 0.2) is 78.9 Å². The fourth-order valence-electron chi connectivity index (χ4n) is 6.04. The molecule has 2 N–H and O–H groups in total. The van der Waals surface area contributed by atoms with Crippen LogP contribution in [0.25, 0.3) is 0 Å². The number of aldehydes is 1. The van der Waals surface area contributed by atoms with E-state index in [1.54, 1.807) is 17.0 Å². The molecule has 11 nitrogen and oxygen atoms in total. The molecule has 2 saturated heterocycles. The van der Waals surface area contributed by atoms with Crippen molar-refractivity contribution in [1.29, 1.82) is 0 Å². The number of fused-ring (bicyclic) bond motifs is 2. The van der Waals surface area contributed by atoms with Crippen LogP contribution >= 0.6 is 0 Å². The Morgan fingerprint density at radius 1 is 0.939 bits per heavy atom. The quantitative estimate of drug-likeness (QED) is 0.186. The fourth-order valence-corrected chi connectivity index (χ4v) is 6.04. The van der Waals surface area contributed by atoms with Crippen LogP contribution in [0.5, 0.6) is 5.75 Å². The van der Waals surface area contributed by atoms with Crippen molar-refractivity contribution in [2.24, 2.45) is 11.8 Å². The number of benzene rings is 3. The number of alkyl carbamates (subject to hydrolysis) is 1. The van der Waals surface area contributed by atoms with Gasteiger partial charge in [-0.15, -0.1) is 0 Å². The Morgan fingerprint density at radius 3 is 2.31 bits per heavy atom. The van der Waals surface area contributed by atoms with Crippen molar-refractivity contribution in [2.45, 2.75) is 58.0 Å². The number of piperidine rings is 1. The third-order valence-electron chi connectivity index (χ3n) is 8.39. The first-order chi connectivity index (χ1) is 23.6. The van der Waals surface area contributed by atoms with Crippen molar-refractivity contribution in [3.8, 4) is 5.75 Å². The van der Waals surface area contributed by atoms with E-state index in [0.29, 0.717) is 57.0 Å². The SMILES string of the molecule is CC(C)(C)OC(=O)N1CC2COCC(C1)C2OC(=O)NC(c1ccccc1)c1cccc(OCc2ccc(C(=O)NCCCC=O)cc2)c1. The molecule has 3 aromatic carbocycles. The van der Waals surface area contributed by atoms with Crippen LogP contribution in [0.4, 0.5) is 9.59 Å². The molecule has 3 amide bonds. The normalized spacial score (nSPS) is 19.2. The summed E-state index contributed by atoms with van der Waals surface area (Å²) in [4.78, 5) is 50.8. The highest BCUT2D eigenvalue weighted by Gasteiger charge is 2.45. The molecule has 0 aromatic heterocycles. The number of rotatable bonds is 12. The summed E-state index contributed by atoms with van der Waals surface area (Å²) < 4.78 is 23.5. The summed E-state index contributed by atoms with van der Waals surface area (Å²) in [7, 11) is 0. The van der Waals surface area contributed by atoms with Gasteiger partial charge in [-0.3, -0.25) is 4.79 Å². The van der Waals surface area contributed by atoms with Gasteiger partial charge in [0, 0.05) is 43.5 Å². The molecule has 0 aliphatic carbocycles. The first kappa shape index (κ1) is 35.4. The zero-order chi connectivity index (χ0) is 34.8. The van der Waals surface area contributed by atoms with E-state index in [1.165, 1.54) is 0 Å². The van der Waals surface area contributed by atoms with Crippen LogP contribution < -0.4 is 15.4 Å². The fraction of sp³-hybridized carbons (Fsp3) is 0.421. The van der Waals surface area contributed by atoms with E-state index in [-0.39, 0.29) is 30.4 Å². The van der Waals surface area contributed by atoms with Crippen LogP contribution in [0.2, 0.25) is 0 Å². The van der Waals surface area contributed by atoms with E-state index in [1.807, 2.05) is 87.5 Å². The minimum absolute atomic E-state index is 0.172. The Hall–Kier alpha value is -4.90. The minimum Gasteiger partial charge on any atom is -0.489 e. The summed E-state index contributed by atoms with van der Waals surface area (Å²) in [6, 6.07) is 23.8. The van der Waals surface area contributed by atoms with Crippen molar-refractivity contribution < 1.29 is 38.1 Å². The van der Waals surface area contributed by atoms with Crippen molar-refractivity contribution >= 4 is 24.4 Å². The molecule has 2 heterocycles. The van der Waals surface area contributed by atoms with Gasteiger partial charge in [-0.25, -0.2) is 9.59 Å². The molecule has 2 aliphatic rings. The monoisotopic (exact) mass is 671 g/mol. The van der Waals surface area contributed by atoms with Gasteiger partial charge in [0.2, 0.25) is 0 Å². The Morgan fingerprint density at radius 2 is 1.63 bits per heavy atom. The van der Waals surface area contributed by atoms with Gasteiger partial charge in [-0.05, 0) is 68.1 Å². The predicted octanol–water partition coefficient (Wildman–Crippen LogP) is 5.67. The van der Waals surface area contributed by atoms with Crippen LogP contribution in [-0.2, 0) is 25.6 Å². The second-order valence-corrected chi connectivity index (χ2v) is 13.4. The van der Waals surface area contributed by atoms with Crippen LogP contribution in [0.1, 0.15) is 66.7 Å². The second kappa shape index (κ2) is 16.5. The van der Waals surface area contributed by atoms with E-state index < -0.39 is 23.8 Å². The molecular formula is C38H45N3O8. The van der Waals surface area contributed by atoms with Crippen molar-refractivity contribution in [1.82, 2.24) is 15.5 Å². The third-order valence-corrected chi connectivity index (χ3v) is 8.39.